The SMILES string of the molecule is CCCCCCCCCOc1ccc(C(=O)O[C@H]2CC[C@@]3(C)C(=CC[C@@H]4[C@H]3CC[C@]3(C)[C@@H]([C@H](C)CCCC(C)C)CC[C@@H]43)C2)cc1. The quantitative estimate of drug-likeness (QED) is 0.103. The fourth-order valence-electron chi connectivity index (χ4n) is 10.9. The largest absolute Gasteiger partial charge is 0.494 e. The second kappa shape index (κ2) is 16.1. The van der Waals surface area contributed by atoms with Crippen LogP contribution in [0.25, 0.3) is 0 Å². The summed E-state index contributed by atoms with van der Waals surface area (Å²) in [6.07, 6.45) is 25.7. The number of hydrogen-bond donors (Lipinski definition) is 0. The van der Waals surface area contributed by atoms with E-state index in [1.165, 1.54) is 89.9 Å². The lowest BCUT2D eigenvalue weighted by atomic mass is 9.47. The van der Waals surface area contributed by atoms with Gasteiger partial charge in [-0.3, -0.25) is 0 Å². The molecule has 1 aromatic rings. The molecule has 3 nitrogen and oxygen atoms in total. The third-order valence-electron chi connectivity index (χ3n) is 13.6. The summed E-state index contributed by atoms with van der Waals surface area (Å²) in [5.41, 5.74) is 3.03. The summed E-state index contributed by atoms with van der Waals surface area (Å²) in [6.45, 7) is 15.6. The van der Waals surface area contributed by atoms with E-state index < -0.39 is 0 Å². The molecule has 0 aliphatic heterocycles. The van der Waals surface area contributed by atoms with Crippen LogP contribution in [-0.4, -0.2) is 18.7 Å². The Labute approximate surface area is 283 Å². The van der Waals surface area contributed by atoms with E-state index in [1.807, 2.05) is 24.3 Å². The van der Waals surface area contributed by atoms with E-state index in [-0.39, 0.29) is 17.5 Å². The normalized spacial score (nSPS) is 32.7. The molecule has 0 bridgehead atoms. The topological polar surface area (TPSA) is 35.5 Å². The highest BCUT2D eigenvalue weighted by molar-refractivity contribution is 5.89. The molecular formula is C43H68O3. The molecule has 0 N–H and O–H groups in total. The van der Waals surface area contributed by atoms with Gasteiger partial charge >= 0.3 is 5.97 Å². The molecule has 4 aliphatic carbocycles. The van der Waals surface area contributed by atoms with E-state index in [0.29, 0.717) is 11.0 Å². The van der Waals surface area contributed by atoms with E-state index in [1.54, 1.807) is 5.57 Å². The third kappa shape index (κ3) is 8.08. The molecular weight excluding hydrogens is 564 g/mol. The molecule has 0 heterocycles. The Hall–Kier alpha value is -1.77. The first-order chi connectivity index (χ1) is 22.2. The van der Waals surface area contributed by atoms with Crippen LogP contribution in [0.2, 0.25) is 0 Å². The zero-order chi connectivity index (χ0) is 32.7. The summed E-state index contributed by atoms with van der Waals surface area (Å²) in [5.74, 6) is 5.77. The molecule has 8 atom stereocenters. The number of rotatable bonds is 16. The van der Waals surface area contributed by atoms with E-state index in [2.05, 4.69) is 47.6 Å². The Balaban J connectivity index is 1.10. The van der Waals surface area contributed by atoms with Gasteiger partial charge in [-0.1, -0.05) is 111 Å². The summed E-state index contributed by atoms with van der Waals surface area (Å²) in [4.78, 5) is 13.2. The van der Waals surface area contributed by atoms with Gasteiger partial charge in [0.25, 0.3) is 0 Å². The third-order valence-corrected chi connectivity index (χ3v) is 13.6. The van der Waals surface area contributed by atoms with Crippen LogP contribution in [0, 0.1) is 46.3 Å². The second-order valence-corrected chi connectivity index (χ2v) is 17.1. The lowest BCUT2D eigenvalue weighted by Gasteiger charge is -2.58. The van der Waals surface area contributed by atoms with Gasteiger partial charge in [0.1, 0.15) is 11.9 Å². The van der Waals surface area contributed by atoms with Crippen molar-refractivity contribution in [1.29, 1.82) is 0 Å². The molecule has 0 spiro atoms. The van der Waals surface area contributed by atoms with Gasteiger partial charge in [-0.2, -0.15) is 0 Å². The molecule has 5 rings (SSSR count). The predicted molar refractivity (Wildman–Crippen MR) is 192 cm³/mol. The highest BCUT2D eigenvalue weighted by Crippen LogP contribution is 2.67. The number of benzene rings is 1. The predicted octanol–water partition coefficient (Wildman–Crippen LogP) is 12.4. The lowest BCUT2D eigenvalue weighted by Crippen LogP contribution is -2.51. The maximum absolute atomic E-state index is 13.2. The number of allylic oxidation sites excluding steroid dienone is 1. The maximum atomic E-state index is 13.2. The molecule has 258 valence electrons. The fraction of sp³-hybridized carbons (Fsp3) is 0.791. The van der Waals surface area contributed by atoms with Gasteiger partial charge in [0.2, 0.25) is 0 Å². The standard InChI is InChI=1S/C43H68O3/c1-7-8-9-10-11-12-13-29-45-35-20-17-33(18-21-35)41(44)46-36-25-27-42(5)34(30-36)19-22-37-39-24-23-38(32(4)16-14-15-31(2)3)43(39,6)28-26-40(37)42/h17-21,31-32,36-40H,7-16,22-30H2,1-6H3/t32-,36+,37+,38-,39+,40-,42+,43-/m1/s1. The van der Waals surface area contributed by atoms with Crippen molar-refractivity contribution in [3.8, 4) is 5.75 Å². The van der Waals surface area contributed by atoms with E-state index in [9.17, 15) is 4.79 Å². The maximum Gasteiger partial charge on any atom is 0.338 e. The molecule has 4 aliphatic rings. The molecule has 3 fully saturated rings. The average Bonchev–Trinajstić information content (AvgIpc) is 3.40. The minimum Gasteiger partial charge on any atom is -0.494 e. The van der Waals surface area contributed by atoms with Crippen LogP contribution in [0.15, 0.2) is 35.9 Å². The first kappa shape index (κ1) is 35.5. The van der Waals surface area contributed by atoms with E-state index in [0.717, 1.165) is 73.5 Å². The van der Waals surface area contributed by atoms with Crippen LogP contribution in [0.1, 0.15) is 167 Å². The zero-order valence-corrected chi connectivity index (χ0v) is 30.6. The average molecular weight is 633 g/mol. The summed E-state index contributed by atoms with van der Waals surface area (Å²) in [6, 6.07) is 7.60. The van der Waals surface area contributed by atoms with Gasteiger partial charge in [0.05, 0.1) is 12.2 Å². The van der Waals surface area contributed by atoms with Crippen LogP contribution in [0.5, 0.6) is 5.75 Å². The number of carbonyl (C=O) groups is 1. The first-order valence-electron chi connectivity index (χ1n) is 19.8. The molecule has 1 aromatic carbocycles. The van der Waals surface area contributed by atoms with Crippen LogP contribution in [0.3, 0.4) is 0 Å². The summed E-state index contributed by atoms with van der Waals surface area (Å²) in [7, 11) is 0. The summed E-state index contributed by atoms with van der Waals surface area (Å²) >= 11 is 0. The Bertz CT molecular complexity index is 1140. The highest BCUT2D eigenvalue weighted by Gasteiger charge is 2.59. The van der Waals surface area contributed by atoms with Crippen LogP contribution in [-0.2, 0) is 4.74 Å². The van der Waals surface area contributed by atoms with Crippen molar-refractivity contribution < 1.29 is 14.3 Å². The van der Waals surface area contributed by atoms with Gasteiger partial charge < -0.3 is 9.47 Å². The molecule has 0 radical (unpaired) electrons. The summed E-state index contributed by atoms with van der Waals surface area (Å²) in [5, 5.41) is 0. The van der Waals surface area contributed by atoms with Crippen molar-refractivity contribution in [3.63, 3.8) is 0 Å². The highest BCUT2D eigenvalue weighted by atomic mass is 16.5. The minimum atomic E-state index is -0.186. The summed E-state index contributed by atoms with van der Waals surface area (Å²) < 4.78 is 12.1. The Morgan fingerprint density at radius 2 is 1.59 bits per heavy atom. The van der Waals surface area contributed by atoms with E-state index >= 15 is 0 Å². The molecule has 0 unspecified atom stereocenters. The molecule has 3 heteroatoms. The molecule has 0 saturated heterocycles. The number of carbonyl (C=O) groups excluding carboxylic acids is 1. The van der Waals surface area contributed by atoms with Gasteiger partial charge in [-0.05, 0) is 122 Å². The van der Waals surface area contributed by atoms with Gasteiger partial charge in [0, 0.05) is 6.42 Å². The van der Waals surface area contributed by atoms with Gasteiger partial charge in [0.15, 0.2) is 0 Å². The van der Waals surface area contributed by atoms with Crippen LogP contribution in [0.4, 0.5) is 0 Å². The Morgan fingerprint density at radius 3 is 2.33 bits per heavy atom. The Kier molecular flexibility index (Phi) is 12.4. The fourth-order valence-corrected chi connectivity index (χ4v) is 10.9. The van der Waals surface area contributed by atoms with Gasteiger partial charge in [-0.15, -0.1) is 0 Å². The number of unbranched alkanes of at least 4 members (excludes halogenated alkanes) is 6. The molecule has 0 amide bonds. The number of hydrogen-bond acceptors (Lipinski definition) is 3. The minimum absolute atomic E-state index is 0.00645. The van der Waals surface area contributed by atoms with Crippen molar-refractivity contribution in [2.75, 3.05) is 6.61 Å². The van der Waals surface area contributed by atoms with Crippen LogP contribution >= 0.6 is 0 Å². The Morgan fingerprint density at radius 1 is 0.848 bits per heavy atom. The first-order valence-corrected chi connectivity index (χ1v) is 19.8. The number of ether oxygens (including phenoxy) is 2. The second-order valence-electron chi connectivity index (χ2n) is 17.1. The smallest absolute Gasteiger partial charge is 0.338 e. The zero-order valence-electron chi connectivity index (χ0n) is 30.6. The van der Waals surface area contributed by atoms with Crippen molar-refractivity contribution in [1.82, 2.24) is 0 Å². The molecule has 46 heavy (non-hydrogen) atoms. The lowest BCUT2D eigenvalue weighted by molar-refractivity contribution is -0.0594. The monoisotopic (exact) mass is 633 g/mol. The van der Waals surface area contributed by atoms with Crippen molar-refractivity contribution >= 4 is 5.97 Å². The van der Waals surface area contributed by atoms with Crippen molar-refractivity contribution in [3.05, 3.63) is 41.5 Å². The number of esters is 1. The van der Waals surface area contributed by atoms with Crippen molar-refractivity contribution in [2.45, 2.75) is 163 Å². The van der Waals surface area contributed by atoms with Gasteiger partial charge in [-0.25, -0.2) is 4.79 Å². The number of fused-ring (bicyclic) bond motifs is 5. The molecule has 3 saturated carbocycles. The van der Waals surface area contributed by atoms with Crippen molar-refractivity contribution in [2.24, 2.45) is 46.3 Å². The van der Waals surface area contributed by atoms with E-state index in [4.69, 9.17) is 9.47 Å². The molecule has 0 aromatic heterocycles. The van der Waals surface area contributed by atoms with Crippen LogP contribution < -0.4 is 4.74 Å².